The summed E-state index contributed by atoms with van der Waals surface area (Å²) in [5.41, 5.74) is 0. The van der Waals surface area contributed by atoms with Gasteiger partial charge >= 0.3 is 0 Å². The number of aryl methyl sites for hydroxylation is 1. The smallest absolute Gasteiger partial charge is 0.133 e. The summed E-state index contributed by atoms with van der Waals surface area (Å²) in [6.45, 7) is 5.84. The van der Waals surface area contributed by atoms with Gasteiger partial charge in [0.05, 0.1) is 6.04 Å². The Bertz CT molecular complexity index is 633. The Kier molecular flexibility index (Phi) is 4.91. The van der Waals surface area contributed by atoms with Crippen LogP contribution in [-0.2, 0) is 11.8 Å². The van der Waals surface area contributed by atoms with E-state index in [1.165, 1.54) is 0 Å². The summed E-state index contributed by atoms with van der Waals surface area (Å²) >= 11 is 0. The van der Waals surface area contributed by atoms with Gasteiger partial charge in [-0.3, -0.25) is 0 Å². The zero-order chi connectivity index (χ0) is 16.2. The lowest BCUT2D eigenvalue weighted by atomic mass is 9.91. The fraction of sp³-hybridized carbons (Fsp3) is 0.588. The van der Waals surface area contributed by atoms with Crippen LogP contribution in [0.3, 0.4) is 0 Å². The second-order valence-electron chi connectivity index (χ2n) is 6.42. The minimum absolute atomic E-state index is 0.133. The van der Waals surface area contributed by atoms with Gasteiger partial charge in [0.15, 0.2) is 0 Å². The van der Waals surface area contributed by atoms with E-state index in [1.54, 1.807) is 0 Å². The number of nitrogens with one attached hydrogen (secondary N) is 1. The van der Waals surface area contributed by atoms with Crippen LogP contribution in [0.25, 0.3) is 0 Å². The van der Waals surface area contributed by atoms with Crippen molar-refractivity contribution >= 4 is 5.82 Å². The van der Waals surface area contributed by atoms with Crippen molar-refractivity contribution in [2.75, 3.05) is 18.5 Å². The van der Waals surface area contributed by atoms with Crippen LogP contribution in [0.2, 0.25) is 0 Å². The Labute approximate surface area is 137 Å². The molecular weight excluding hydrogens is 290 g/mol. The molecule has 1 saturated heterocycles. The van der Waals surface area contributed by atoms with E-state index in [2.05, 4.69) is 38.7 Å². The third kappa shape index (κ3) is 3.69. The second kappa shape index (κ2) is 7.08. The summed E-state index contributed by atoms with van der Waals surface area (Å²) in [6, 6.07) is 2.06. The summed E-state index contributed by atoms with van der Waals surface area (Å²) in [7, 11) is 2.04. The molecule has 0 spiro atoms. The molecule has 3 rings (SSSR count). The summed E-state index contributed by atoms with van der Waals surface area (Å²) in [6.07, 6.45) is 7.73. The fourth-order valence-electron chi connectivity index (χ4n) is 3.01. The number of anilines is 1. The molecule has 6 nitrogen and oxygen atoms in total. The number of aromatic nitrogens is 4. The number of ether oxygens (including phenoxy) is 1. The highest BCUT2D eigenvalue weighted by Crippen LogP contribution is 2.32. The molecule has 1 aliphatic heterocycles. The predicted molar refractivity (Wildman–Crippen MR) is 89.2 cm³/mol. The van der Waals surface area contributed by atoms with Gasteiger partial charge in [0.1, 0.15) is 17.5 Å². The Morgan fingerprint density at radius 3 is 2.65 bits per heavy atom. The second-order valence-corrected chi connectivity index (χ2v) is 6.42. The van der Waals surface area contributed by atoms with Crippen molar-refractivity contribution in [1.29, 1.82) is 0 Å². The Balaban J connectivity index is 1.86. The van der Waals surface area contributed by atoms with Gasteiger partial charge in [-0.25, -0.2) is 15.0 Å². The zero-order valence-corrected chi connectivity index (χ0v) is 14.1. The van der Waals surface area contributed by atoms with E-state index in [0.29, 0.717) is 11.8 Å². The van der Waals surface area contributed by atoms with Crippen LogP contribution in [-0.4, -0.2) is 32.7 Å². The molecule has 1 unspecified atom stereocenters. The van der Waals surface area contributed by atoms with E-state index in [9.17, 15) is 0 Å². The van der Waals surface area contributed by atoms with E-state index >= 15 is 0 Å². The van der Waals surface area contributed by atoms with Gasteiger partial charge in [-0.15, -0.1) is 0 Å². The van der Waals surface area contributed by atoms with Crippen LogP contribution in [0.15, 0.2) is 24.7 Å². The number of rotatable bonds is 5. The van der Waals surface area contributed by atoms with Gasteiger partial charge in [-0.2, -0.15) is 0 Å². The first-order chi connectivity index (χ1) is 11.1. The number of hydrogen-bond donors (Lipinski definition) is 1. The summed E-state index contributed by atoms with van der Waals surface area (Å²) in [5, 5.41) is 3.60. The lowest BCUT2D eigenvalue weighted by molar-refractivity contribution is 0.0594. The molecule has 3 heterocycles. The molecule has 1 atom stereocenters. The number of imidazole rings is 1. The van der Waals surface area contributed by atoms with Gasteiger partial charge in [0.2, 0.25) is 0 Å². The molecule has 23 heavy (non-hydrogen) atoms. The highest BCUT2D eigenvalue weighted by atomic mass is 16.5. The van der Waals surface area contributed by atoms with Crippen molar-refractivity contribution in [3.63, 3.8) is 0 Å². The van der Waals surface area contributed by atoms with Crippen molar-refractivity contribution in [2.45, 2.75) is 38.6 Å². The van der Waals surface area contributed by atoms with Crippen LogP contribution in [0.1, 0.15) is 50.3 Å². The first-order valence-corrected chi connectivity index (χ1v) is 8.29. The number of nitrogens with zero attached hydrogens (tertiary/aromatic N) is 4. The molecule has 0 radical (unpaired) electrons. The monoisotopic (exact) mass is 315 g/mol. The first-order valence-electron chi connectivity index (χ1n) is 8.29. The van der Waals surface area contributed by atoms with Gasteiger partial charge < -0.3 is 14.6 Å². The van der Waals surface area contributed by atoms with E-state index in [-0.39, 0.29) is 6.04 Å². The Morgan fingerprint density at radius 2 is 2.00 bits per heavy atom. The molecule has 6 heteroatoms. The maximum absolute atomic E-state index is 5.52. The van der Waals surface area contributed by atoms with Crippen molar-refractivity contribution in [1.82, 2.24) is 19.5 Å². The van der Waals surface area contributed by atoms with Crippen molar-refractivity contribution in [2.24, 2.45) is 13.0 Å². The van der Waals surface area contributed by atoms with Gasteiger partial charge in [0.25, 0.3) is 0 Å². The maximum Gasteiger partial charge on any atom is 0.133 e. The Hall–Kier alpha value is -1.95. The standard InChI is InChI=1S/C17H25N5O/c1-12(2)16-18-7-4-14(21-16)20-15(13-5-10-23-11-6-13)17-19-8-9-22(17)3/h4,7-9,12-13,15H,5-6,10-11H2,1-3H3,(H,18,20,21). The van der Waals surface area contributed by atoms with E-state index < -0.39 is 0 Å². The quantitative estimate of drug-likeness (QED) is 0.919. The highest BCUT2D eigenvalue weighted by Gasteiger charge is 2.28. The third-order valence-electron chi connectivity index (χ3n) is 4.37. The average molecular weight is 315 g/mol. The molecule has 1 N–H and O–H groups in total. The zero-order valence-electron chi connectivity index (χ0n) is 14.1. The SMILES string of the molecule is CC(C)c1nccc(NC(c2nccn2C)C2CCOCC2)n1. The minimum atomic E-state index is 0.133. The van der Waals surface area contributed by atoms with Crippen LogP contribution < -0.4 is 5.32 Å². The molecule has 1 fully saturated rings. The largest absolute Gasteiger partial charge is 0.381 e. The lowest BCUT2D eigenvalue weighted by Crippen LogP contribution is -2.29. The molecule has 0 aromatic carbocycles. The first kappa shape index (κ1) is 15.9. The van der Waals surface area contributed by atoms with Crippen LogP contribution in [0.4, 0.5) is 5.82 Å². The van der Waals surface area contributed by atoms with E-state index in [1.807, 2.05) is 31.7 Å². The summed E-state index contributed by atoms with van der Waals surface area (Å²) < 4.78 is 7.60. The molecule has 0 aliphatic carbocycles. The van der Waals surface area contributed by atoms with Crippen LogP contribution in [0, 0.1) is 5.92 Å². The molecule has 0 bridgehead atoms. The molecule has 2 aromatic heterocycles. The molecule has 0 amide bonds. The van der Waals surface area contributed by atoms with Gasteiger partial charge in [-0.05, 0) is 24.8 Å². The van der Waals surface area contributed by atoms with Gasteiger partial charge in [-0.1, -0.05) is 13.8 Å². The minimum Gasteiger partial charge on any atom is -0.381 e. The lowest BCUT2D eigenvalue weighted by Gasteiger charge is -2.31. The fourth-order valence-corrected chi connectivity index (χ4v) is 3.01. The Morgan fingerprint density at radius 1 is 1.22 bits per heavy atom. The molecule has 1 aliphatic rings. The van der Waals surface area contributed by atoms with Crippen LogP contribution in [0.5, 0.6) is 0 Å². The molecular formula is C17H25N5O. The summed E-state index contributed by atoms with van der Waals surface area (Å²) in [5.74, 6) is 3.57. The highest BCUT2D eigenvalue weighted by molar-refractivity contribution is 5.36. The normalized spacial score (nSPS) is 17.4. The third-order valence-corrected chi connectivity index (χ3v) is 4.37. The van der Waals surface area contributed by atoms with E-state index in [4.69, 9.17) is 4.74 Å². The van der Waals surface area contributed by atoms with Crippen LogP contribution >= 0.6 is 0 Å². The van der Waals surface area contributed by atoms with Crippen molar-refractivity contribution in [3.8, 4) is 0 Å². The van der Waals surface area contributed by atoms with Crippen molar-refractivity contribution in [3.05, 3.63) is 36.3 Å². The topological polar surface area (TPSA) is 64.9 Å². The van der Waals surface area contributed by atoms with Crippen molar-refractivity contribution < 1.29 is 4.74 Å². The maximum atomic E-state index is 5.52. The van der Waals surface area contributed by atoms with Gasteiger partial charge in [0, 0.05) is 44.8 Å². The molecule has 2 aromatic rings. The summed E-state index contributed by atoms with van der Waals surface area (Å²) in [4.78, 5) is 13.6. The predicted octanol–water partition coefficient (Wildman–Crippen LogP) is 2.91. The average Bonchev–Trinajstić information content (AvgIpc) is 2.99. The van der Waals surface area contributed by atoms with E-state index in [0.717, 1.165) is 43.5 Å². The number of hydrogen-bond acceptors (Lipinski definition) is 5. The molecule has 0 saturated carbocycles. The molecule has 124 valence electrons.